The zero-order chi connectivity index (χ0) is 23.7. The number of aromatic nitrogens is 3. The molecule has 0 radical (unpaired) electrons. The largest absolute Gasteiger partial charge is 0.493 e. The molecule has 8 nitrogen and oxygen atoms in total. The average molecular weight is 445 g/mol. The Morgan fingerprint density at radius 2 is 1.97 bits per heavy atom. The van der Waals surface area contributed by atoms with E-state index >= 15 is 0 Å². The SMILES string of the molecule is Cc1cc(C#N)ccc1-c1cnn(-c2ccc(C(=O)N3CCN(C(C)C)[C@H](C)C3)cn2)c1O. The van der Waals surface area contributed by atoms with Gasteiger partial charge < -0.3 is 10.0 Å². The molecule has 1 saturated heterocycles. The number of nitriles is 1. The molecule has 1 fully saturated rings. The Balaban J connectivity index is 1.53. The smallest absolute Gasteiger partial charge is 0.255 e. The number of hydrogen-bond donors (Lipinski definition) is 1. The van der Waals surface area contributed by atoms with Crippen LogP contribution in [0.2, 0.25) is 0 Å². The van der Waals surface area contributed by atoms with Crippen molar-refractivity contribution in [1.29, 1.82) is 5.26 Å². The summed E-state index contributed by atoms with van der Waals surface area (Å²) in [5.74, 6) is 0.329. The minimum Gasteiger partial charge on any atom is -0.493 e. The zero-order valence-corrected chi connectivity index (χ0v) is 19.4. The number of pyridine rings is 1. The Morgan fingerprint density at radius 3 is 2.58 bits per heavy atom. The van der Waals surface area contributed by atoms with Crippen molar-refractivity contribution in [1.82, 2.24) is 24.6 Å². The molecule has 170 valence electrons. The number of rotatable bonds is 4. The van der Waals surface area contributed by atoms with E-state index in [4.69, 9.17) is 5.26 Å². The lowest BCUT2D eigenvalue weighted by Crippen LogP contribution is -2.55. The molecule has 0 saturated carbocycles. The van der Waals surface area contributed by atoms with Gasteiger partial charge in [-0.3, -0.25) is 9.69 Å². The summed E-state index contributed by atoms with van der Waals surface area (Å²) in [7, 11) is 0. The summed E-state index contributed by atoms with van der Waals surface area (Å²) in [5, 5.41) is 24.1. The first-order chi connectivity index (χ1) is 15.8. The lowest BCUT2D eigenvalue weighted by molar-refractivity contribution is 0.0426. The Kier molecular flexibility index (Phi) is 6.16. The lowest BCUT2D eigenvalue weighted by atomic mass is 10.0. The standard InChI is InChI=1S/C25H28N6O2/c1-16(2)30-10-9-29(15-18(30)4)24(32)20-6-8-23(27-13-20)31-25(33)22(14-28-31)21-7-5-19(12-26)11-17(21)3/h5-8,11,13-14,16,18,33H,9-10,15H2,1-4H3/t18-/m1/s1. The van der Waals surface area contributed by atoms with Gasteiger partial charge in [-0.2, -0.15) is 15.0 Å². The Labute approximate surface area is 193 Å². The third-order valence-electron chi connectivity index (χ3n) is 6.23. The fourth-order valence-electron chi connectivity index (χ4n) is 4.48. The summed E-state index contributed by atoms with van der Waals surface area (Å²) in [5.41, 5.74) is 3.28. The number of hydrogen-bond acceptors (Lipinski definition) is 6. The molecule has 0 bridgehead atoms. The molecule has 2 aromatic heterocycles. The number of carbonyl (C=O) groups is 1. The molecule has 1 N–H and O–H groups in total. The lowest BCUT2D eigenvalue weighted by Gasteiger charge is -2.42. The Hall–Kier alpha value is -3.70. The fourth-order valence-corrected chi connectivity index (χ4v) is 4.48. The minimum absolute atomic E-state index is 0.0390. The second kappa shape index (κ2) is 9.04. The normalized spacial score (nSPS) is 16.7. The maximum absolute atomic E-state index is 13.0. The maximum atomic E-state index is 13.0. The van der Waals surface area contributed by atoms with Crippen molar-refractivity contribution in [2.24, 2.45) is 0 Å². The van der Waals surface area contributed by atoms with Crippen LogP contribution in [-0.4, -0.2) is 67.3 Å². The van der Waals surface area contributed by atoms with Crippen molar-refractivity contribution in [3.63, 3.8) is 0 Å². The minimum atomic E-state index is -0.0481. The van der Waals surface area contributed by atoms with Crippen LogP contribution in [0.15, 0.2) is 42.7 Å². The van der Waals surface area contributed by atoms with Crippen LogP contribution in [-0.2, 0) is 0 Å². The van der Waals surface area contributed by atoms with Crippen molar-refractivity contribution in [2.45, 2.75) is 39.8 Å². The van der Waals surface area contributed by atoms with Crippen LogP contribution in [0.3, 0.4) is 0 Å². The van der Waals surface area contributed by atoms with Crippen molar-refractivity contribution >= 4 is 5.91 Å². The van der Waals surface area contributed by atoms with Crippen molar-refractivity contribution < 1.29 is 9.90 Å². The van der Waals surface area contributed by atoms with Gasteiger partial charge in [0.15, 0.2) is 5.82 Å². The molecule has 33 heavy (non-hydrogen) atoms. The highest BCUT2D eigenvalue weighted by molar-refractivity contribution is 5.94. The summed E-state index contributed by atoms with van der Waals surface area (Å²) in [6.45, 7) is 10.6. The van der Waals surface area contributed by atoms with E-state index in [-0.39, 0.29) is 11.8 Å². The molecule has 0 aliphatic carbocycles. The summed E-state index contributed by atoms with van der Waals surface area (Å²) in [4.78, 5) is 21.6. The van der Waals surface area contributed by atoms with Gasteiger partial charge in [0.2, 0.25) is 5.88 Å². The van der Waals surface area contributed by atoms with Gasteiger partial charge in [0, 0.05) is 37.9 Å². The molecule has 1 amide bonds. The van der Waals surface area contributed by atoms with Gasteiger partial charge in [-0.05, 0) is 63.1 Å². The van der Waals surface area contributed by atoms with Crippen LogP contribution in [0.1, 0.15) is 42.3 Å². The van der Waals surface area contributed by atoms with Gasteiger partial charge in [-0.15, -0.1) is 0 Å². The van der Waals surface area contributed by atoms with E-state index < -0.39 is 0 Å². The highest BCUT2D eigenvalue weighted by Crippen LogP contribution is 2.33. The van der Waals surface area contributed by atoms with Crippen LogP contribution >= 0.6 is 0 Å². The van der Waals surface area contributed by atoms with Crippen LogP contribution in [0, 0.1) is 18.3 Å². The van der Waals surface area contributed by atoms with Crippen LogP contribution in [0.5, 0.6) is 5.88 Å². The number of carbonyl (C=O) groups excluding carboxylic acids is 1. The highest BCUT2D eigenvalue weighted by atomic mass is 16.3. The Morgan fingerprint density at radius 1 is 1.18 bits per heavy atom. The summed E-state index contributed by atoms with van der Waals surface area (Å²) in [6.07, 6.45) is 3.10. The van der Waals surface area contributed by atoms with Gasteiger partial charge in [0.25, 0.3) is 5.91 Å². The van der Waals surface area contributed by atoms with Crippen LogP contribution in [0.4, 0.5) is 0 Å². The molecule has 1 atom stereocenters. The van der Waals surface area contributed by atoms with Crippen LogP contribution in [0.25, 0.3) is 16.9 Å². The van der Waals surface area contributed by atoms with E-state index in [1.165, 1.54) is 10.9 Å². The maximum Gasteiger partial charge on any atom is 0.255 e. The number of amides is 1. The first-order valence-corrected chi connectivity index (χ1v) is 11.1. The van der Waals surface area contributed by atoms with Gasteiger partial charge in [-0.1, -0.05) is 6.07 Å². The summed E-state index contributed by atoms with van der Waals surface area (Å²) < 4.78 is 1.34. The molecular weight excluding hydrogens is 416 g/mol. The van der Waals surface area contributed by atoms with Gasteiger partial charge in [0.05, 0.1) is 29.0 Å². The predicted molar refractivity (Wildman–Crippen MR) is 125 cm³/mol. The second-order valence-electron chi connectivity index (χ2n) is 8.77. The number of aryl methyl sites for hydroxylation is 1. The first-order valence-electron chi connectivity index (χ1n) is 11.1. The first kappa shape index (κ1) is 22.5. The second-order valence-corrected chi connectivity index (χ2v) is 8.77. The van der Waals surface area contributed by atoms with E-state index in [0.717, 1.165) is 17.7 Å². The molecule has 4 rings (SSSR count). The van der Waals surface area contributed by atoms with E-state index in [9.17, 15) is 9.90 Å². The molecule has 1 aromatic carbocycles. The molecule has 3 aromatic rings. The van der Waals surface area contributed by atoms with Crippen molar-refractivity contribution in [2.75, 3.05) is 19.6 Å². The summed E-state index contributed by atoms with van der Waals surface area (Å²) >= 11 is 0. The zero-order valence-electron chi connectivity index (χ0n) is 19.4. The number of aromatic hydroxyl groups is 1. The van der Waals surface area contributed by atoms with E-state index in [2.05, 4.69) is 41.8 Å². The number of benzene rings is 1. The molecule has 0 spiro atoms. The highest BCUT2D eigenvalue weighted by Gasteiger charge is 2.28. The number of piperazine rings is 1. The van der Waals surface area contributed by atoms with Gasteiger partial charge in [-0.25, -0.2) is 4.98 Å². The Bertz CT molecular complexity index is 1210. The number of nitrogens with zero attached hydrogens (tertiary/aromatic N) is 6. The predicted octanol–water partition coefficient (Wildman–Crippen LogP) is 3.37. The van der Waals surface area contributed by atoms with Gasteiger partial charge in [0.1, 0.15) is 0 Å². The molecule has 8 heteroatoms. The molecule has 3 heterocycles. The quantitative estimate of drug-likeness (QED) is 0.663. The fraction of sp³-hybridized carbons (Fsp3) is 0.360. The third-order valence-corrected chi connectivity index (χ3v) is 6.23. The monoisotopic (exact) mass is 444 g/mol. The molecule has 1 aliphatic rings. The summed E-state index contributed by atoms with van der Waals surface area (Å²) in [6, 6.07) is 11.6. The van der Waals surface area contributed by atoms with Gasteiger partial charge >= 0.3 is 0 Å². The topological polar surface area (TPSA) is 98.3 Å². The molecular formula is C25H28N6O2. The molecule has 0 unspecified atom stereocenters. The van der Waals surface area contributed by atoms with E-state index in [1.54, 1.807) is 36.5 Å². The molecule has 1 aliphatic heterocycles. The van der Waals surface area contributed by atoms with Crippen molar-refractivity contribution in [3.05, 3.63) is 59.4 Å². The van der Waals surface area contributed by atoms with Crippen molar-refractivity contribution in [3.8, 4) is 28.9 Å². The van der Waals surface area contributed by atoms with Crippen LogP contribution < -0.4 is 0 Å². The average Bonchev–Trinajstić information content (AvgIpc) is 3.19. The third kappa shape index (κ3) is 4.32. The van der Waals surface area contributed by atoms with E-state index in [0.29, 0.717) is 47.7 Å². The van der Waals surface area contributed by atoms with E-state index in [1.807, 2.05) is 11.8 Å².